The first-order chi connectivity index (χ1) is 9.78. The zero-order valence-electron chi connectivity index (χ0n) is 12.4. The maximum Gasteiger partial charge on any atom is 0.0576 e. The van der Waals surface area contributed by atoms with Gasteiger partial charge in [0.1, 0.15) is 0 Å². The largest absolute Gasteiger partial charge is 0.378 e. The molecule has 2 rings (SSSR count). The number of halogens is 1. The van der Waals surface area contributed by atoms with Gasteiger partial charge in [0.05, 0.1) is 6.10 Å². The predicted octanol–water partition coefficient (Wildman–Crippen LogP) is 4.18. The average molecular weight is 340 g/mol. The summed E-state index contributed by atoms with van der Waals surface area (Å²) in [7, 11) is 2.05. The first-order valence-electron chi connectivity index (χ1n) is 7.78. The first-order valence-corrected chi connectivity index (χ1v) is 8.58. The number of hydrogen-bond acceptors (Lipinski definition) is 2. The fourth-order valence-corrected chi connectivity index (χ4v) is 3.52. The Morgan fingerprint density at radius 2 is 2.35 bits per heavy atom. The van der Waals surface area contributed by atoms with Gasteiger partial charge in [0.15, 0.2) is 0 Å². The third kappa shape index (κ3) is 5.55. The molecule has 0 bridgehead atoms. The van der Waals surface area contributed by atoms with Gasteiger partial charge in [-0.05, 0) is 69.3 Å². The molecule has 0 aromatic heterocycles. The fourth-order valence-electron chi connectivity index (χ4n) is 3.07. The highest BCUT2D eigenvalue weighted by Gasteiger charge is 2.16. The normalized spacial score (nSPS) is 20.2. The molecule has 1 N–H and O–H groups in total. The van der Waals surface area contributed by atoms with Gasteiger partial charge in [-0.15, -0.1) is 0 Å². The van der Waals surface area contributed by atoms with E-state index in [1.807, 2.05) is 7.05 Å². The van der Waals surface area contributed by atoms with Crippen LogP contribution in [0.15, 0.2) is 28.7 Å². The molecular weight excluding hydrogens is 314 g/mol. The van der Waals surface area contributed by atoms with Crippen molar-refractivity contribution in [3.63, 3.8) is 0 Å². The van der Waals surface area contributed by atoms with Crippen LogP contribution in [0.25, 0.3) is 0 Å². The van der Waals surface area contributed by atoms with Crippen LogP contribution in [0.3, 0.4) is 0 Å². The van der Waals surface area contributed by atoms with E-state index >= 15 is 0 Å². The van der Waals surface area contributed by atoms with Gasteiger partial charge >= 0.3 is 0 Å². The summed E-state index contributed by atoms with van der Waals surface area (Å²) in [5.74, 6) is 0.718. The second kappa shape index (κ2) is 8.81. The minimum absolute atomic E-state index is 0.538. The molecule has 1 heterocycles. The van der Waals surface area contributed by atoms with Crippen molar-refractivity contribution in [3.8, 4) is 0 Å². The first kappa shape index (κ1) is 16.0. The highest BCUT2D eigenvalue weighted by molar-refractivity contribution is 9.10. The van der Waals surface area contributed by atoms with Gasteiger partial charge in [-0.1, -0.05) is 34.5 Å². The lowest BCUT2D eigenvalue weighted by Gasteiger charge is -2.18. The summed E-state index contributed by atoms with van der Waals surface area (Å²) < 4.78 is 6.89. The SMILES string of the molecule is CNCC(CCCC1CCCO1)Cc1cccc(Br)c1. The lowest BCUT2D eigenvalue weighted by Crippen LogP contribution is -2.21. The molecule has 1 aromatic carbocycles. The van der Waals surface area contributed by atoms with E-state index in [9.17, 15) is 0 Å². The zero-order chi connectivity index (χ0) is 14.2. The quantitative estimate of drug-likeness (QED) is 0.767. The van der Waals surface area contributed by atoms with Crippen molar-refractivity contribution < 1.29 is 4.74 Å². The van der Waals surface area contributed by atoms with Gasteiger partial charge in [0.2, 0.25) is 0 Å². The van der Waals surface area contributed by atoms with Crippen molar-refractivity contribution in [1.82, 2.24) is 5.32 Å². The summed E-state index contributed by atoms with van der Waals surface area (Å²) in [5.41, 5.74) is 1.43. The number of rotatable bonds is 8. The molecule has 0 amide bonds. The smallest absolute Gasteiger partial charge is 0.0576 e. The van der Waals surface area contributed by atoms with Crippen LogP contribution < -0.4 is 5.32 Å². The molecule has 0 spiro atoms. The molecule has 20 heavy (non-hydrogen) atoms. The van der Waals surface area contributed by atoms with Gasteiger partial charge in [0, 0.05) is 11.1 Å². The molecule has 0 saturated carbocycles. The molecule has 1 saturated heterocycles. The van der Waals surface area contributed by atoms with Crippen LogP contribution in [0.5, 0.6) is 0 Å². The Morgan fingerprint density at radius 1 is 1.45 bits per heavy atom. The van der Waals surface area contributed by atoms with Crippen molar-refractivity contribution in [2.24, 2.45) is 5.92 Å². The van der Waals surface area contributed by atoms with Crippen LogP contribution in [0.2, 0.25) is 0 Å². The van der Waals surface area contributed by atoms with Crippen molar-refractivity contribution in [2.75, 3.05) is 20.2 Å². The van der Waals surface area contributed by atoms with Crippen LogP contribution in [0, 0.1) is 5.92 Å². The van der Waals surface area contributed by atoms with Crippen LogP contribution >= 0.6 is 15.9 Å². The Bertz CT molecular complexity index is 390. The highest BCUT2D eigenvalue weighted by atomic mass is 79.9. The Hall–Kier alpha value is -0.380. The summed E-state index contributed by atoms with van der Waals surface area (Å²) in [6.07, 6.45) is 8.02. The second-order valence-electron chi connectivity index (χ2n) is 5.82. The van der Waals surface area contributed by atoms with E-state index in [1.54, 1.807) is 0 Å². The van der Waals surface area contributed by atoms with Gasteiger partial charge in [-0.2, -0.15) is 0 Å². The monoisotopic (exact) mass is 339 g/mol. The second-order valence-corrected chi connectivity index (χ2v) is 6.74. The van der Waals surface area contributed by atoms with E-state index in [0.29, 0.717) is 6.10 Å². The number of hydrogen-bond donors (Lipinski definition) is 1. The highest BCUT2D eigenvalue weighted by Crippen LogP contribution is 2.22. The summed E-state index contributed by atoms with van der Waals surface area (Å²) in [4.78, 5) is 0. The summed E-state index contributed by atoms with van der Waals surface area (Å²) in [6.45, 7) is 2.07. The van der Waals surface area contributed by atoms with Crippen molar-refractivity contribution >= 4 is 15.9 Å². The Kier molecular flexibility index (Phi) is 7.05. The van der Waals surface area contributed by atoms with E-state index in [1.165, 1.54) is 42.1 Å². The molecule has 0 radical (unpaired) electrons. The Morgan fingerprint density at radius 3 is 3.05 bits per heavy atom. The lowest BCUT2D eigenvalue weighted by molar-refractivity contribution is 0.101. The van der Waals surface area contributed by atoms with Crippen LogP contribution in [0.1, 0.15) is 37.7 Å². The standard InChI is InChI=1S/C17H26BrNO/c1-19-13-15(6-3-8-17-9-4-10-20-17)11-14-5-2-7-16(18)12-14/h2,5,7,12,15,17,19H,3-4,6,8-11,13H2,1H3. The minimum atomic E-state index is 0.538. The maximum atomic E-state index is 5.71. The summed E-state index contributed by atoms with van der Waals surface area (Å²) in [5, 5.41) is 3.34. The van der Waals surface area contributed by atoms with E-state index in [4.69, 9.17) is 4.74 Å². The van der Waals surface area contributed by atoms with Crippen LogP contribution in [0.4, 0.5) is 0 Å². The van der Waals surface area contributed by atoms with Crippen LogP contribution in [-0.4, -0.2) is 26.3 Å². The third-order valence-corrected chi connectivity index (χ3v) is 4.56. The molecule has 2 nitrogen and oxygen atoms in total. The predicted molar refractivity (Wildman–Crippen MR) is 88.1 cm³/mol. The number of ether oxygens (including phenoxy) is 1. The maximum absolute atomic E-state index is 5.71. The van der Waals surface area contributed by atoms with Gasteiger partial charge in [0.25, 0.3) is 0 Å². The summed E-state index contributed by atoms with van der Waals surface area (Å²) in [6, 6.07) is 8.69. The van der Waals surface area contributed by atoms with Gasteiger partial charge < -0.3 is 10.1 Å². The molecule has 1 aliphatic rings. The minimum Gasteiger partial charge on any atom is -0.378 e. The van der Waals surface area contributed by atoms with Crippen LogP contribution in [-0.2, 0) is 11.2 Å². The van der Waals surface area contributed by atoms with Crippen molar-refractivity contribution in [1.29, 1.82) is 0 Å². The Balaban J connectivity index is 1.77. The molecule has 3 heteroatoms. The van der Waals surface area contributed by atoms with Crippen molar-refractivity contribution in [2.45, 2.75) is 44.6 Å². The molecular formula is C17H26BrNO. The van der Waals surface area contributed by atoms with Gasteiger partial charge in [-0.3, -0.25) is 0 Å². The Labute approximate surface area is 131 Å². The molecule has 2 atom stereocenters. The fraction of sp³-hybridized carbons (Fsp3) is 0.647. The van der Waals surface area contributed by atoms with E-state index in [-0.39, 0.29) is 0 Å². The van der Waals surface area contributed by atoms with Gasteiger partial charge in [-0.25, -0.2) is 0 Å². The van der Waals surface area contributed by atoms with Crippen molar-refractivity contribution in [3.05, 3.63) is 34.3 Å². The van der Waals surface area contributed by atoms with E-state index in [2.05, 4.69) is 45.5 Å². The molecule has 1 fully saturated rings. The molecule has 112 valence electrons. The number of nitrogens with one attached hydrogen (secondary N) is 1. The molecule has 1 aromatic rings. The molecule has 1 aliphatic heterocycles. The molecule has 2 unspecified atom stereocenters. The number of benzene rings is 1. The average Bonchev–Trinajstić information content (AvgIpc) is 2.92. The summed E-state index contributed by atoms with van der Waals surface area (Å²) >= 11 is 3.56. The topological polar surface area (TPSA) is 21.3 Å². The molecule has 0 aliphatic carbocycles. The third-order valence-electron chi connectivity index (χ3n) is 4.07. The van der Waals surface area contributed by atoms with E-state index < -0.39 is 0 Å². The van der Waals surface area contributed by atoms with E-state index in [0.717, 1.165) is 25.5 Å². The lowest BCUT2D eigenvalue weighted by atomic mass is 9.93. The zero-order valence-corrected chi connectivity index (χ0v) is 14.0.